The van der Waals surface area contributed by atoms with Crippen molar-refractivity contribution in [2.45, 2.75) is 31.1 Å². The Bertz CT molecular complexity index is 741. The third-order valence-electron chi connectivity index (χ3n) is 5.21. The molecule has 4 heteroatoms. The zero-order chi connectivity index (χ0) is 17.4. The van der Waals surface area contributed by atoms with Crippen LogP contribution in [0.4, 0.5) is 0 Å². The van der Waals surface area contributed by atoms with Gasteiger partial charge in [0, 0.05) is 20.6 Å². The summed E-state index contributed by atoms with van der Waals surface area (Å²) in [6.45, 7) is 0.755. The fraction of sp³-hybridized carbons (Fsp3) is 0.381. The van der Waals surface area contributed by atoms with Gasteiger partial charge >= 0.3 is 0 Å². The molecule has 0 bridgehead atoms. The van der Waals surface area contributed by atoms with E-state index in [9.17, 15) is 4.79 Å². The van der Waals surface area contributed by atoms with Crippen molar-refractivity contribution in [1.82, 2.24) is 10.2 Å². The van der Waals surface area contributed by atoms with Crippen LogP contribution in [0.3, 0.4) is 0 Å². The van der Waals surface area contributed by atoms with Gasteiger partial charge in [0.25, 0.3) is 5.91 Å². The van der Waals surface area contributed by atoms with E-state index in [4.69, 9.17) is 4.74 Å². The average molecular weight is 336 g/mol. The van der Waals surface area contributed by atoms with E-state index in [2.05, 4.69) is 53.8 Å². The first kappa shape index (κ1) is 16.3. The number of carbonyl (C=O) groups is 1. The van der Waals surface area contributed by atoms with Gasteiger partial charge in [-0.1, -0.05) is 48.5 Å². The monoisotopic (exact) mass is 336 g/mol. The minimum absolute atomic E-state index is 0.0686. The van der Waals surface area contributed by atoms with Crippen LogP contribution in [-0.2, 0) is 9.53 Å². The number of nitrogens with one attached hydrogen (secondary N) is 1. The SMILES string of the molecule is CN(C)C(=O)[C@@H]1CC[C@H](CNC2c3ccccc3-c3ccccc32)O1. The number of likely N-dealkylation sites (N-methyl/N-ethyl adjacent to an activating group) is 1. The van der Waals surface area contributed by atoms with Gasteiger partial charge < -0.3 is 15.0 Å². The summed E-state index contributed by atoms with van der Waals surface area (Å²) in [4.78, 5) is 13.7. The zero-order valence-electron chi connectivity index (χ0n) is 14.7. The lowest BCUT2D eigenvalue weighted by Gasteiger charge is -2.20. The van der Waals surface area contributed by atoms with Crippen LogP contribution in [0.2, 0.25) is 0 Å². The summed E-state index contributed by atoms with van der Waals surface area (Å²) in [6.07, 6.45) is 1.54. The van der Waals surface area contributed by atoms with Crippen molar-refractivity contribution < 1.29 is 9.53 Å². The predicted octanol–water partition coefficient (Wildman–Crippen LogP) is 2.98. The van der Waals surface area contributed by atoms with E-state index in [1.807, 2.05) is 0 Å². The molecule has 0 radical (unpaired) electrons. The van der Waals surface area contributed by atoms with Crippen LogP contribution in [0.25, 0.3) is 11.1 Å². The Hall–Kier alpha value is -2.17. The third kappa shape index (κ3) is 2.96. The maximum Gasteiger partial charge on any atom is 0.251 e. The second-order valence-corrected chi connectivity index (χ2v) is 7.07. The molecule has 2 aromatic carbocycles. The van der Waals surface area contributed by atoms with Crippen LogP contribution in [-0.4, -0.2) is 43.7 Å². The van der Waals surface area contributed by atoms with Crippen LogP contribution in [0.1, 0.15) is 30.0 Å². The van der Waals surface area contributed by atoms with Gasteiger partial charge in [-0.25, -0.2) is 0 Å². The zero-order valence-corrected chi connectivity index (χ0v) is 14.7. The Balaban J connectivity index is 1.46. The molecule has 4 nitrogen and oxygen atoms in total. The molecule has 2 aliphatic rings. The minimum atomic E-state index is -0.287. The normalized spacial score (nSPS) is 21.8. The van der Waals surface area contributed by atoms with Crippen molar-refractivity contribution in [2.24, 2.45) is 0 Å². The predicted molar refractivity (Wildman–Crippen MR) is 98.3 cm³/mol. The molecule has 1 amide bonds. The molecule has 0 spiro atoms. The molecular weight excluding hydrogens is 312 g/mol. The smallest absolute Gasteiger partial charge is 0.251 e. The number of hydrogen-bond donors (Lipinski definition) is 1. The molecule has 25 heavy (non-hydrogen) atoms. The molecule has 2 atom stereocenters. The highest BCUT2D eigenvalue weighted by Gasteiger charge is 2.33. The van der Waals surface area contributed by atoms with Crippen LogP contribution >= 0.6 is 0 Å². The Morgan fingerprint density at radius 3 is 2.24 bits per heavy atom. The van der Waals surface area contributed by atoms with E-state index in [1.54, 1.807) is 19.0 Å². The molecule has 0 saturated carbocycles. The van der Waals surface area contributed by atoms with E-state index in [-0.39, 0.29) is 24.2 Å². The molecule has 1 fully saturated rings. The van der Waals surface area contributed by atoms with Crippen molar-refractivity contribution in [3.8, 4) is 11.1 Å². The number of nitrogens with zero attached hydrogens (tertiary/aromatic N) is 1. The first-order valence-electron chi connectivity index (χ1n) is 8.93. The van der Waals surface area contributed by atoms with E-state index < -0.39 is 0 Å². The van der Waals surface area contributed by atoms with Crippen molar-refractivity contribution in [3.63, 3.8) is 0 Å². The number of hydrogen-bond acceptors (Lipinski definition) is 3. The molecule has 1 saturated heterocycles. The van der Waals surface area contributed by atoms with Gasteiger partial charge in [-0.05, 0) is 35.1 Å². The van der Waals surface area contributed by atoms with Crippen molar-refractivity contribution in [2.75, 3.05) is 20.6 Å². The van der Waals surface area contributed by atoms with Gasteiger partial charge in [0.2, 0.25) is 0 Å². The number of carbonyl (C=O) groups excluding carboxylic acids is 1. The third-order valence-corrected chi connectivity index (χ3v) is 5.21. The maximum absolute atomic E-state index is 12.1. The Kier molecular flexibility index (Phi) is 4.32. The highest BCUT2D eigenvalue weighted by atomic mass is 16.5. The van der Waals surface area contributed by atoms with Gasteiger partial charge in [0.05, 0.1) is 12.1 Å². The first-order valence-corrected chi connectivity index (χ1v) is 8.93. The topological polar surface area (TPSA) is 41.6 Å². The number of fused-ring (bicyclic) bond motifs is 3. The lowest BCUT2D eigenvalue weighted by atomic mass is 10.0. The van der Waals surface area contributed by atoms with Crippen LogP contribution in [0.15, 0.2) is 48.5 Å². The summed E-state index contributed by atoms with van der Waals surface area (Å²) >= 11 is 0. The number of amides is 1. The Morgan fingerprint density at radius 2 is 1.64 bits per heavy atom. The lowest BCUT2D eigenvalue weighted by Crippen LogP contribution is -2.35. The molecule has 0 aromatic heterocycles. The molecule has 1 aliphatic heterocycles. The summed E-state index contributed by atoms with van der Waals surface area (Å²) in [5.41, 5.74) is 5.26. The Labute approximate surface area is 148 Å². The minimum Gasteiger partial charge on any atom is -0.364 e. The summed E-state index contributed by atoms with van der Waals surface area (Å²) in [5.74, 6) is 0.0686. The van der Waals surface area contributed by atoms with Crippen LogP contribution in [0, 0.1) is 0 Å². The quantitative estimate of drug-likeness (QED) is 0.933. The molecule has 2 aromatic rings. The van der Waals surface area contributed by atoms with E-state index in [0.717, 1.165) is 19.4 Å². The summed E-state index contributed by atoms with van der Waals surface area (Å²) in [7, 11) is 3.56. The molecule has 130 valence electrons. The van der Waals surface area contributed by atoms with E-state index in [1.165, 1.54) is 22.3 Å². The number of benzene rings is 2. The van der Waals surface area contributed by atoms with Gasteiger partial charge in [-0.3, -0.25) is 4.79 Å². The fourth-order valence-electron chi connectivity index (χ4n) is 3.95. The molecule has 4 rings (SSSR count). The summed E-state index contributed by atoms with van der Waals surface area (Å²) in [6, 6.07) is 17.3. The molecule has 1 N–H and O–H groups in total. The first-order chi connectivity index (χ1) is 12.1. The average Bonchev–Trinajstić information content (AvgIpc) is 3.22. The van der Waals surface area contributed by atoms with Gasteiger partial charge in [0.1, 0.15) is 6.10 Å². The van der Waals surface area contributed by atoms with Crippen LogP contribution < -0.4 is 5.32 Å². The lowest BCUT2D eigenvalue weighted by molar-refractivity contribution is -0.140. The molecular formula is C21H24N2O2. The number of rotatable bonds is 4. The second-order valence-electron chi connectivity index (χ2n) is 7.07. The largest absolute Gasteiger partial charge is 0.364 e. The maximum atomic E-state index is 12.1. The second kappa shape index (κ2) is 6.62. The van der Waals surface area contributed by atoms with Gasteiger partial charge in [-0.2, -0.15) is 0 Å². The van der Waals surface area contributed by atoms with Crippen molar-refractivity contribution >= 4 is 5.91 Å². The van der Waals surface area contributed by atoms with E-state index in [0.29, 0.717) is 0 Å². The van der Waals surface area contributed by atoms with Gasteiger partial charge in [0.15, 0.2) is 0 Å². The molecule has 1 heterocycles. The summed E-state index contributed by atoms with van der Waals surface area (Å²) in [5, 5.41) is 3.67. The molecule has 1 aliphatic carbocycles. The summed E-state index contributed by atoms with van der Waals surface area (Å²) < 4.78 is 5.97. The van der Waals surface area contributed by atoms with Crippen molar-refractivity contribution in [3.05, 3.63) is 59.7 Å². The highest BCUT2D eigenvalue weighted by Crippen LogP contribution is 2.43. The van der Waals surface area contributed by atoms with E-state index >= 15 is 0 Å². The van der Waals surface area contributed by atoms with Crippen LogP contribution in [0.5, 0.6) is 0 Å². The number of ether oxygens (including phenoxy) is 1. The Morgan fingerprint density at radius 1 is 1.04 bits per heavy atom. The molecule has 0 unspecified atom stereocenters. The van der Waals surface area contributed by atoms with Gasteiger partial charge in [-0.15, -0.1) is 0 Å². The standard InChI is InChI=1S/C21H24N2O2/c1-23(2)21(24)19-12-11-14(25-19)13-22-20-17-9-5-3-7-15(17)16-8-4-6-10-18(16)20/h3-10,14,19-20,22H,11-13H2,1-2H3/t14-,19+/m1/s1. The highest BCUT2D eigenvalue weighted by molar-refractivity contribution is 5.80. The fourth-order valence-corrected chi connectivity index (χ4v) is 3.95. The van der Waals surface area contributed by atoms with Crippen molar-refractivity contribution in [1.29, 1.82) is 0 Å².